The highest BCUT2D eigenvalue weighted by atomic mass is 19.1. The van der Waals surface area contributed by atoms with Gasteiger partial charge in [-0.3, -0.25) is 4.79 Å². The quantitative estimate of drug-likeness (QED) is 0.731. The summed E-state index contributed by atoms with van der Waals surface area (Å²) in [5.41, 5.74) is 1.11. The van der Waals surface area contributed by atoms with Gasteiger partial charge in [0.1, 0.15) is 12.1 Å². The number of rotatable bonds is 4. The Balaban J connectivity index is 3.03. The Morgan fingerprint density at radius 1 is 1.25 bits per heavy atom. The van der Waals surface area contributed by atoms with Crippen molar-refractivity contribution in [3.05, 3.63) is 29.6 Å². The van der Waals surface area contributed by atoms with E-state index in [0.29, 0.717) is 23.8 Å². The maximum Gasteiger partial charge on any atom is 0.150 e. The molecule has 16 heavy (non-hydrogen) atoms. The van der Waals surface area contributed by atoms with Gasteiger partial charge in [0.15, 0.2) is 0 Å². The molecule has 0 amide bonds. The lowest BCUT2D eigenvalue weighted by molar-refractivity contribution is 0.112. The SMILES string of the molecule is CC(C)C(C)N(C)c1cc(F)cc(C=O)c1. The molecule has 1 unspecified atom stereocenters. The van der Waals surface area contributed by atoms with Crippen LogP contribution in [0.4, 0.5) is 10.1 Å². The lowest BCUT2D eigenvalue weighted by atomic mass is 10.0. The van der Waals surface area contributed by atoms with E-state index in [1.54, 1.807) is 6.07 Å². The van der Waals surface area contributed by atoms with Crippen LogP contribution in [0.1, 0.15) is 31.1 Å². The number of halogens is 1. The van der Waals surface area contributed by atoms with Crippen LogP contribution in [0.3, 0.4) is 0 Å². The predicted octanol–water partition coefficient (Wildman–Crippen LogP) is 3.12. The van der Waals surface area contributed by atoms with Crippen molar-refractivity contribution in [2.24, 2.45) is 5.92 Å². The number of benzene rings is 1. The summed E-state index contributed by atoms with van der Waals surface area (Å²) >= 11 is 0. The second-order valence-corrected chi connectivity index (χ2v) is 4.46. The van der Waals surface area contributed by atoms with Gasteiger partial charge in [0, 0.05) is 24.3 Å². The van der Waals surface area contributed by atoms with Crippen molar-refractivity contribution >= 4 is 12.0 Å². The summed E-state index contributed by atoms with van der Waals surface area (Å²) in [5, 5.41) is 0. The number of nitrogens with zero attached hydrogens (tertiary/aromatic N) is 1. The number of hydrogen-bond acceptors (Lipinski definition) is 2. The normalized spacial score (nSPS) is 12.6. The van der Waals surface area contributed by atoms with E-state index in [4.69, 9.17) is 0 Å². The summed E-state index contributed by atoms with van der Waals surface area (Å²) in [6.07, 6.45) is 0.667. The third kappa shape index (κ3) is 2.81. The Bertz CT molecular complexity index is 376. The van der Waals surface area contributed by atoms with E-state index < -0.39 is 0 Å². The summed E-state index contributed by atoms with van der Waals surface area (Å²) in [7, 11) is 1.91. The van der Waals surface area contributed by atoms with Crippen molar-refractivity contribution in [3.63, 3.8) is 0 Å². The molecule has 3 heteroatoms. The van der Waals surface area contributed by atoms with Crippen LogP contribution in [-0.4, -0.2) is 19.4 Å². The number of carbonyl (C=O) groups is 1. The molecular weight excluding hydrogens is 205 g/mol. The average Bonchev–Trinajstić information content (AvgIpc) is 2.25. The van der Waals surface area contributed by atoms with Crippen molar-refractivity contribution in [1.82, 2.24) is 0 Å². The molecule has 1 rings (SSSR count). The summed E-state index contributed by atoms with van der Waals surface area (Å²) < 4.78 is 13.3. The highest BCUT2D eigenvalue weighted by molar-refractivity contribution is 5.77. The number of anilines is 1. The molecule has 0 aromatic heterocycles. The number of carbonyl (C=O) groups excluding carboxylic acids is 1. The van der Waals surface area contributed by atoms with Crippen molar-refractivity contribution < 1.29 is 9.18 Å². The van der Waals surface area contributed by atoms with E-state index in [2.05, 4.69) is 20.8 Å². The smallest absolute Gasteiger partial charge is 0.150 e. The first kappa shape index (κ1) is 12.7. The fourth-order valence-corrected chi connectivity index (χ4v) is 1.55. The fourth-order valence-electron chi connectivity index (χ4n) is 1.55. The van der Waals surface area contributed by atoms with E-state index >= 15 is 0 Å². The van der Waals surface area contributed by atoms with Crippen LogP contribution in [0.5, 0.6) is 0 Å². The maximum absolute atomic E-state index is 13.3. The first-order valence-corrected chi connectivity index (χ1v) is 5.44. The first-order valence-electron chi connectivity index (χ1n) is 5.44. The molecule has 0 radical (unpaired) electrons. The van der Waals surface area contributed by atoms with Gasteiger partial charge in [0.25, 0.3) is 0 Å². The van der Waals surface area contributed by atoms with Crippen LogP contribution in [0.2, 0.25) is 0 Å². The minimum absolute atomic E-state index is 0.293. The molecule has 0 aliphatic carbocycles. The molecule has 0 saturated carbocycles. The Hall–Kier alpha value is -1.38. The van der Waals surface area contributed by atoms with E-state index in [0.717, 1.165) is 5.69 Å². The predicted molar refractivity (Wildman–Crippen MR) is 64.5 cm³/mol. The van der Waals surface area contributed by atoms with Crippen LogP contribution < -0.4 is 4.90 Å². The molecule has 0 saturated heterocycles. The lowest BCUT2D eigenvalue weighted by Crippen LogP contribution is -2.33. The summed E-state index contributed by atoms with van der Waals surface area (Å²) in [4.78, 5) is 12.6. The van der Waals surface area contributed by atoms with Crippen molar-refractivity contribution in [1.29, 1.82) is 0 Å². The molecular formula is C13H18FNO. The van der Waals surface area contributed by atoms with Gasteiger partial charge < -0.3 is 4.90 Å². The summed E-state index contributed by atoms with van der Waals surface area (Å²) in [6.45, 7) is 6.30. The zero-order chi connectivity index (χ0) is 12.3. The molecule has 0 aliphatic rings. The Labute approximate surface area is 96.1 Å². The minimum atomic E-state index is -0.373. The molecule has 2 nitrogen and oxygen atoms in total. The molecule has 88 valence electrons. The Morgan fingerprint density at radius 2 is 1.88 bits per heavy atom. The molecule has 1 atom stereocenters. The molecule has 0 aliphatic heterocycles. The van der Waals surface area contributed by atoms with Gasteiger partial charge >= 0.3 is 0 Å². The molecule has 0 spiro atoms. The zero-order valence-corrected chi connectivity index (χ0v) is 10.2. The highest BCUT2D eigenvalue weighted by Gasteiger charge is 2.14. The standard InChI is InChI=1S/C13H18FNO/c1-9(2)10(3)15(4)13-6-11(8-16)5-12(14)7-13/h5-10H,1-4H3. The highest BCUT2D eigenvalue weighted by Crippen LogP contribution is 2.21. The van der Waals surface area contributed by atoms with Crippen LogP contribution in [0, 0.1) is 11.7 Å². The molecule has 1 aromatic carbocycles. The molecule has 0 heterocycles. The Morgan fingerprint density at radius 3 is 2.38 bits per heavy atom. The van der Waals surface area contributed by atoms with E-state index in [1.807, 2.05) is 11.9 Å². The molecule has 1 aromatic rings. The minimum Gasteiger partial charge on any atom is -0.372 e. The van der Waals surface area contributed by atoms with Crippen LogP contribution in [0.15, 0.2) is 18.2 Å². The number of aldehydes is 1. The van der Waals surface area contributed by atoms with Crippen LogP contribution >= 0.6 is 0 Å². The third-order valence-electron chi connectivity index (χ3n) is 3.02. The number of hydrogen-bond donors (Lipinski definition) is 0. The monoisotopic (exact) mass is 223 g/mol. The topological polar surface area (TPSA) is 20.3 Å². The molecule has 0 bridgehead atoms. The van der Waals surface area contributed by atoms with Crippen LogP contribution in [0.25, 0.3) is 0 Å². The van der Waals surface area contributed by atoms with Gasteiger partial charge in [-0.1, -0.05) is 13.8 Å². The molecule has 0 N–H and O–H groups in total. The van der Waals surface area contributed by atoms with Gasteiger partial charge in [-0.05, 0) is 31.0 Å². The zero-order valence-electron chi connectivity index (χ0n) is 10.2. The maximum atomic E-state index is 13.3. The van der Waals surface area contributed by atoms with Gasteiger partial charge in [-0.2, -0.15) is 0 Å². The van der Waals surface area contributed by atoms with Crippen molar-refractivity contribution in [3.8, 4) is 0 Å². The second-order valence-electron chi connectivity index (χ2n) is 4.46. The summed E-state index contributed by atoms with van der Waals surface area (Å²) in [5.74, 6) is 0.0929. The van der Waals surface area contributed by atoms with Crippen molar-refractivity contribution in [2.75, 3.05) is 11.9 Å². The van der Waals surface area contributed by atoms with E-state index in [-0.39, 0.29) is 5.82 Å². The average molecular weight is 223 g/mol. The lowest BCUT2D eigenvalue weighted by Gasteiger charge is -2.30. The van der Waals surface area contributed by atoms with E-state index in [1.165, 1.54) is 12.1 Å². The van der Waals surface area contributed by atoms with Gasteiger partial charge in [0.05, 0.1) is 0 Å². The van der Waals surface area contributed by atoms with Gasteiger partial charge in [-0.15, -0.1) is 0 Å². The Kier molecular flexibility index (Phi) is 4.05. The largest absolute Gasteiger partial charge is 0.372 e. The first-order chi connectivity index (χ1) is 7.45. The fraction of sp³-hybridized carbons (Fsp3) is 0.462. The summed E-state index contributed by atoms with van der Waals surface area (Å²) in [6, 6.07) is 4.69. The van der Waals surface area contributed by atoms with Gasteiger partial charge in [-0.25, -0.2) is 4.39 Å². The molecule has 0 fully saturated rings. The van der Waals surface area contributed by atoms with Crippen LogP contribution in [-0.2, 0) is 0 Å². The van der Waals surface area contributed by atoms with Gasteiger partial charge in [0.2, 0.25) is 0 Å². The van der Waals surface area contributed by atoms with Crippen molar-refractivity contribution in [2.45, 2.75) is 26.8 Å². The third-order valence-corrected chi connectivity index (χ3v) is 3.02. The van der Waals surface area contributed by atoms with E-state index in [9.17, 15) is 9.18 Å². The second kappa shape index (κ2) is 5.10.